The molecular formula is C9H10GeO5. The summed E-state index contributed by atoms with van der Waals surface area (Å²) in [5.74, 6) is -1.06. The van der Waals surface area contributed by atoms with Crippen LogP contribution in [0.4, 0.5) is 0 Å². The van der Waals surface area contributed by atoms with Gasteiger partial charge in [0.05, 0.1) is 0 Å². The van der Waals surface area contributed by atoms with Crippen LogP contribution in [-0.2, 0) is 4.79 Å². The molecule has 0 unspecified atom stereocenters. The maximum atomic E-state index is 10.2. The molecule has 0 fully saturated rings. The first-order valence-electron chi connectivity index (χ1n) is 4.08. The van der Waals surface area contributed by atoms with Gasteiger partial charge in [-0.2, -0.15) is 0 Å². The van der Waals surface area contributed by atoms with E-state index < -0.39 is 20.2 Å². The molecule has 0 aliphatic carbocycles. The molecule has 1 aromatic rings. The molecule has 15 heavy (non-hydrogen) atoms. The Morgan fingerprint density at radius 3 is 2.07 bits per heavy atom. The third-order valence-corrected chi connectivity index (χ3v) is 4.04. The van der Waals surface area contributed by atoms with Crippen molar-refractivity contribution in [1.82, 2.24) is 0 Å². The summed E-state index contributed by atoms with van der Waals surface area (Å²) >= 11 is -4.72. The fourth-order valence-corrected chi connectivity index (χ4v) is 2.27. The molecule has 0 saturated carbocycles. The van der Waals surface area contributed by atoms with Crippen molar-refractivity contribution in [2.45, 2.75) is 0 Å². The normalized spacial score (nSPS) is 11.9. The van der Waals surface area contributed by atoms with Gasteiger partial charge in [0.25, 0.3) is 0 Å². The van der Waals surface area contributed by atoms with Gasteiger partial charge in [-0.05, 0) is 0 Å². The van der Waals surface area contributed by atoms with Crippen molar-refractivity contribution in [3.05, 3.63) is 35.9 Å². The zero-order chi connectivity index (χ0) is 11.5. The molecule has 0 aromatic heterocycles. The number of carboxylic acids is 1. The third kappa shape index (κ3) is 3.84. The molecule has 0 bridgehead atoms. The predicted molar refractivity (Wildman–Crippen MR) is 55.2 cm³/mol. The zero-order valence-electron chi connectivity index (χ0n) is 7.66. The zero-order valence-corrected chi connectivity index (χ0v) is 9.76. The summed E-state index contributed by atoms with van der Waals surface area (Å²) < 4.78 is 27.1. The summed E-state index contributed by atoms with van der Waals surface area (Å²) in [4.78, 5) is 10.2. The molecule has 0 saturated heterocycles. The molecule has 0 heterocycles. The van der Waals surface area contributed by atoms with Crippen molar-refractivity contribution in [1.29, 1.82) is 0 Å². The average molecular weight is 271 g/mol. The minimum absolute atomic E-state index is 0.0995. The Hall–Kier alpha value is -1.15. The van der Waals surface area contributed by atoms with Crippen LogP contribution < -0.4 is 4.40 Å². The van der Waals surface area contributed by atoms with Gasteiger partial charge in [-0.3, -0.25) is 0 Å². The number of benzene rings is 1. The van der Waals surface area contributed by atoms with Gasteiger partial charge >= 0.3 is 88.9 Å². The Labute approximate surface area is 89.3 Å². The van der Waals surface area contributed by atoms with Crippen LogP contribution in [0, 0.1) is 0 Å². The van der Waals surface area contributed by atoms with E-state index in [0.29, 0.717) is 5.56 Å². The van der Waals surface area contributed by atoms with E-state index in [2.05, 4.69) is 0 Å². The topological polar surface area (TPSA) is 98.0 Å². The summed E-state index contributed by atoms with van der Waals surface area (Å²) in [5, 5.41) is 8.36. The Morgan fingerprint density at radius 2 is 1.67 bits per heavy atom. The molecule has 0 atom stereocenters. The summed E-state index contributed by atoms with van der Waals surface area (Å²) in [6.45, 7) is 0. The fourth-order valence-electron chi connectivity index (χ4n) is 0.985. The molecule has 0 aliphatic heterocycles. The van der Waals surface area contributed by atoms with Crippen molar-refractivity contribution in [3.63, 3.8) is 0 Å². The molecule has 0 radical (unpaired) electrons. The second-order valence-corrected chi connectivity index (χ2v) is 6.81. The van der Waals surface area contributed by atoms with Crippen LogP contribution in [0.5, 0.6) is 0 Å². The maximum absolute atomic E-state index is 10.2. The van der Waals surface area contributed by atoms with Crippen molar-refractivity contribution < 1.29 is 22.3 Å². The van der Waals surface area contributed by atoms with E-state index in [-0.39, 0.29) is 4.40 Å². The van der Waals surface area contributed by atoms with Crippen molar-refractivity contribution >= 4 is 30.7 Å². The SMILES string of the molecule is O=C(O)C=Cc1cc[c]([Ge]([OH])([OH])[OH])cc1. The first-order valence-corrected chi connectivity index (χ1v) is 7.94. The van der Waals surface area contributed by atoms with Crippen molar-refractivity contribution in [2.24, 2.45) is 0 Å². The molecule has 1 rings (SSSR count). The van der Waals surface area contributed by atoms with Crippen LogP contribution in [0.15, 0.2) is 30.3 Å². The molecule has 5 nitrogen and oxygen atoms in total. The Balaban J connectivity index is 2.86. The van der Waals surface area contributed by atoms with E-state index in [1.807, 2.05) is 0 Å². The number of carbonyl (C=O) groups is 1. The first-order chi connectivity index (χ1) is 6.89. The van der Waals surface area contributed by atoms with Gasteiger partial charge in [-0.15, -0.1) is 0 Å². The minimum atomic E-state index is -4.72. The van der Waals surface area contributed by atoms with Crippen LogP contribution in [0.25, 0.3) is 6.08 Å². The van der Waals surface area contributed by atoms with Gasteiger partial charge in [0.15, 0.2) is 0 Å². The average Bonchev–Trinajstić information content (AvgIpc) is 2.14. The molecule has 0 amide bonds. The summed E-state index contributed by atoms with van der Waals surface area (Å²) in [6, 6.07) is 5.72. The van der Waals surface area contributed by atoms with Crippen LogP contribution in [-0.4, -0.2) is 37.8 Å². The molecule has 6 heteroatoms. The van der Waals surface area contributed by atoms with Gasteiger partial charge in [-0.1, -0.05) is 0 Å². The molecule has 0 aliphatic rings. The van der Waals surface area contributed by atoms with Crippen LogP contribution in [0.1, 0.15) is 5.56 Å². The number of aliphatic carboxylic acids is 1. The number of rotatable bonds is 3. The van der Waals surface area contributed by atoms with Crippen molar-refractivity contribution in [3.8, 4) is 0 Å². The standard InChI is InChI=1S/C9H10GeO5/c11-9(12)6-3-7-1-4-8(5-2-7)10(13,14)15/h1-6,13-15H,(H,11,12). The molecule has 4 N–H and O–H groups in total. The third-order valence-electron chi connectivity index (χ3n) is 1.72. The van der Waals surface area contributed by atoms with E-state index in [0.717, 1.165) is 6.08 Å². The summed E-state index contributed by atoms with van der Waals surface area (Å²) in [5.41, 5.74) is 0.604. The van der Waals surface area contributed by atoms with Gasteiger partial charge in [-0.25, -0.2) is 0 Å². The van der Waals surface area contributed by atoms with E-state index in [1.165, 1.54) is 30.3 Å². The van der Waals surface area contributed by atoms with E-state index in [4.69, 9.17) is 17.5 Å². The second kappa shape index (κ2) is 4.58. The molecular weight excluding hydrogens is 261 g/mol. The van der Waals surface area contributed by atoms with Gasteiger partial charge in [0, 0.05) is 0 Å². The van der Waals surface area contributed by atoms with E-state index in [9.17, 15) is 4.79 Å². The van der Waals surface area contributed by atoms with Crippen LogP contribution in [0.2, 0.25) is 0 Å². The predicted octanol–water partition coefficient (Wildman–Crippen LogP) is -1.09. The van der Waals surface area contributed by atoms with Crippen LogP contribution in [0.3, 0.4) is 0 Å². The molecule has 80 valence electrons. The Kier molecular flexibility index (Phi) is 3.64. The number of hydrogen-bond acceptors (Lipinski definition) is 4. The quantitative estimate of drug-likeness (QED) is 0.413. The number of carboxylic acid groups (broad SMARTS) is 1. The van der Waals surface area contributed by atoms with E-state index in [1.54, 1.807) is 0 Å². The first kappa shape index (κ1) is 11.9. The van der Waals surface area contributed by atoms with Gasteiger partial charge < -0.3 is 0 Å². The summed E-state index contributed by atoms with van der Waals surface area (Å²) in [7, 11) is 0. The van der Waals surface area contributed by atoms with E-state index >= 15 is 0 Å². The van der Waals surface area contributed by atoms with Crippen LogP contribution >= 0.6 is 0 Å². The van der Waals surface area contributed by atoms with Gasteiger partial charge in [0.1, 0.15) is 0 Å². The van der Waals surface area contributed by atoms with Crippen molar-refractivity contribution in [2.75, 3.05) is 0 Å². The Bertz CT molecular complexity index is 376. The van der Waals surface area contributed by atoms with Gasteiger partial charge in [0.2, 0.25) is 0 Å². The monoisotopic (exact) mass is 272 g/mol. The molecule has 0 spiro atoms. The Morgan fingerprint density at radius 1 is 1.13 bits per heavy atom. The number of hydrogen-bond donors (Lipinski definition) is 4. The molecule has 1 aromatic carbocycles. The second-order valence-electron chi connectivity index (χ2n) is 2.93. The fraction of sp³-hybridized carbons (Fsp3) is 0. The summed E-state index contributed by atoms with van der Waals surface area (Å²) in [6.07, 6.45) is 2.34.